The molecule has 2 saturated heterocycles. The monoisotopic (exact) mass is 676 g/mol. The molecule has 2 N–H and O–H groups in total. The number of aliphatic hydroxyl groups is 2. The topological polar surface area (TPSA) is 89.9 Å². The number of hydrogen-bond acceptors (Lipinski definition) is 8. The predicted molar refractivity (Wildman–Crippen MR) is 185 cm³/mol. The molecule has 1 unspecified atom stereocenters. The minimum Gasteiger partial charge on any atom is -0.390 e. The van der Waals surface area contributed by atoms with Crippen molar-refractivity contribution in [2.45, 2.75) is 162 Å². The molecule has 0 aromatic carbocycles. The molecule has 8 heteroatoms. The maximum Gasteiger partial charge on any atom is 0.170 e. The van der Waals surface area contributed by atoms with Gasteiger partial charge in [-0.3, -0.25) is 4.90 Å². The average molecular weight is 676 g/mol. The Balaban J connectivity index is 1.11. The summed E-state index contributed by atoms with van der Waals surface area (Å²) < 4.78 is 31.7. The van der Waals surface area contributed by atoms with E-state index in [0.717, 1.165) is 39.0 Å². The van der Waals surface area contributed by atoms with Crippen molar-refractivity contribution in [1.82, 2.24) is 4.90 Å². The summed E-state index contributed by atoms with van der Waals surface area (Å²) in [6, 6.07) is 0.356. The van der Waals surface area contributed by atoms with Gasteiger partial charge in [-0.25, -0.2) is 0 Å². The predicted octanol–water partition coefficient (Wildman–Crippen LogP) is 6.05. The Kier molecular flexibility index (Phi) is 9.10. The largest absolute Gasteiger partial charge is 0.390 e. The highest BCUT2D eigenvalue weighted by molar-refractivity contribution is 5.33. The van der Waals surface area contributed by atoms with E-state index in [0.29, 0.717) is 53.8 Å². The van der Waals surface area contributed by atoms with E-state index in [-0.39, 0.29) is 40.8 Å². The Morgan fingerprint density at radius 1 is 1.02 bits per heavy atom. The van der Waals surface area contributed by atoms with Crippen LogP contribution in [-0.2, 0) is 23.7 Å². The van der Waals surface area contributed by atoms with E-state index in [1.54, 1.807) is 7.11 Å². The molecule has 48 heavy (non-hydrogen) atoms. The first kappa shape index (κ1) is 36.1. The second kappa shape index (κ2) is 12.1. The van der Waals surface area contributed by atoms with Crippen LogP contribution in [0.5, 0.6) is 0 Å². The minimum absolute atomic E-state index is 0.0177. The zero-order valence-electron chi connectivity index (χ0n) is 31.9. The lowest BCUT2D eigenvalue weighted by atomic mass is 9.41. The molecule has 5 aliphatic carbocycles. The van der Waals surface area contributed by atoms with Gasteiger partial charge in [0, 0.05) is 38.3 Å². The molecule has 7 rings (SSSR count). The van der Waals surface area contributed by atoms with Gasteiger partial charge in [-0.05, 0) is 124 Å². The molecule has 0 bridgehead atoms. The molecule has 0 aromatic heterocycles. The molecule has 0 radical (unpaired) electrons. The van der Waals surface area contributed by atoms with E-state index in [1.807, 2.05) is 20.8 Å². The maximum absolute atomic E-state index is 12.6. The van der Waals surface area contributed by atoms with Gasteiger partial charge in [0.15, 0.2) is 6.29 Å². The van der Waals surface area contributed by atoms with Crippen molar-refractivity contribution < 1.29 is 33.9 Å². The van der Waals surface area contributed by atoms with Crippen LogP contribution < -0.4 is 0 Å². The van der Waals surface area contributed by atoms with E-state index < -0.39 is 17.8 Å². The number of morpholine rings is 1. The lowest BCUT2D eigenvalue weighted by Crippen LogP contribution is -2.60. The quantitative estimate of drug-likeness (QED) is 0.305. The van der Waals surface area contributed by atoms with Crippen molar-refractivity contribution in [2.75, 3.05) is 40.0 Å². The third-order valence-electron chi connectivity index (χ3n) is 16.6. The van der Waals surface area contributed by atoms with Gasteiger partial charge in [0.25, 0.3) is 0 Å². The van der Waals surface area contributed by atoms with Crippen LogP contribution in [0, 0.1) is 50.7 Å². The highest BCUT2D eigenvalue weighted by Crippen LogP contribution is 2.89. The van der Waals surface area contributed by atoms with Crippen LogP contribution >= 0.6 is 0 Å². The zero-order chi connectivity index (χ0) is 34.7. The lowest BCUT2D eigenvalue weighted by Gasteiger charge is -2.64. The molecular formula is C40H69NO7. The number of ether oxygens (including phenoxy) is 5. The Labute approximate surface area is 291 Å². The molecular weight excluding hydrogens is 606 g/mol. The number of fused-ring (bicyclic) bond motifs is 4. The molecule has 276 valence electrons. The van der Waals surface area contributed by atoms with Crippen LogP contribution in [0.2, 0.25) is 0 Å². The van der Waals surface area contributed by atoms with Gasteiger partial charge < -0.3 is 33.9 Å². The van der Waals surface area contributed by atoms with Crippen molar-refractivity contribution in [3.05, 3.63) is 0 Å². The summed E-state index contributed by atoms with van der Waals surface area (Å²) in [5, 5.41) is 23.7. The van der Waals surface area contributed by atoms with Crippen molar-refractivity contribution in [3.8, 4) is 0 Å². The van der Waals surface area contributed by atoms with Gasteiger partial charge in [-0.2, -0.15) is 0 Å². The second-order valence-electron chi connectivity index (χ2n) is 19.3. The van der Waals surface area contributed by atoms with E-state index >= 15 is 0 Å². The fourth-order valence-corrected chi connectivity index (χ4v) is 14.3. The summed E-state index contributed by atoms with van der Waals surface area (Å²) in [6.45, 7) is 23.9. The first-order valence-electron chi connectivity index (χ1n) is 19.7. The van der Waals surface area contributed by atoms with Gasteiger partial charge in [-0.15, -0.1) is 0 Å². The maximum atomic E-state index is 12.6. The van der Waals surface area contributed by atoms with Crippen molar-refractivity contribution in [1.29, 1.82) is 0 Å². The van der Waals surface area contributed by atoms with Crippen LogP contribution in [0.25, 0.3) is 0 Å². The van der Waals surface area contributed by atoms with Crippen LogP contribution in [0.15, 0.2) is 0 Å². The number of rotatable bonds is 9. The highest BCUT2D eigenvalue weighted by Gasteiger charge is 2.84. The average Bonchev–Trinajstić information content (AvgIpc) is 3.65. The number of hydrogen-bond donors (Lipinski definition) is 2. The summed E-state index contributed by atoms with van der Waals surface area (Å²) in [6.07, 6.45) is 7.95. The summed E-state index contributed by atoms with van der Waals surface area (Å²) in [5.74, 6) is 1.82. The molecule has 2 spiro atoms. The minimum atomic E-state index is -1.01. The van der Waals surface area contributed by atoms with Gasteiger partial charge in [-0.1, -0.05) is 34.6 Å². The molecule has 7 aliphatic rings. The Bertz CT molecular complexity index is 1190. The Hall–Kier alpha value is -0.320. The molecule has 15 atom stereocenters. The molecule has 0 amide bonds. The molecule has 2 aliphatic heterocycles. The van der Waals surface area contributed by atoms with Crippen LogP contribution in [-0.4, -0.2) is 104 Å². The molecule has 0 aromatic rings. The van der Waals surface area contributed by atoms with E-state index in [1.165, 1.54) is 32.1 Å². The third-order valence-corrected chi connectivity index (χ3v) is 16.6. The first-order valence-corrected chi connectivity index (χ1v) is 19.7. The molecule has 5 saturated carbocycles. The standard InChI is InChI=1S/C40H69NO7/c1-11-45-34(36(6,7)43)26-20-24(2)31-32(47-26)33(42)38(9)28-13-12-27-35(4,5)29(48-30-21-41(18-19-46-30)25(3)22-44-10)14-15-39(27)23-40(28,39)17-16-37(31,38)8/h24-34,42-43H,11-23H2,1-10H3/t24-,25-,26-,27+,28+,29?,30+,31+,32+,33+,34+,37-,38-,39-,40+/m1/s1. The first-order chi connectivity index (χ1) is 22.5. The van der Waals surface area contributed by atoms with Gasteiger partial charge in [0.1, 0.15) is 6.10 Å². The van der Waals surface area contributed by atoms with Gasteiger partial charge in [0.2, 0.25) is 0 Å². The molecule has 2 heterocycles. The number of nitrogens with zero attached hydrogens (tertiary/aromatic N) is 1. The van der Waals surface area contributed by atoms with Gasteiger partial charge >= 0.3 is 0 Å². The van der Waals surface area contributed by atoms with Crippen LogP contribution in [0.1, 0.15) is 114 Å². The normalized spacial score (nSPS) is 51.1. The van der Waals surface area contributed by atoms with E-state index in [2.05, 4.69) is 46.4 Å². The fourth-order valence-electron chi connectivity index (χ4n) is 14.3. The Morgan fingerprint density at radius 2 is 1.73 bits per heavy atom. The Morgan fingerprint density at radius 3 is 2.42 bits per heavy atom. The summed E-state index contributed by atoms with van der Waals surface area (Å²) in [7, 11) is 1.78. The number of methoxy groups -OCH3 is 1. The van der Waals surface area contributed by atoms with E-state index in [4.69, 9.17) is 23.7 Å². The van der Waals surface area contributed by atoms with Crippen LogP contribution in [0.4, 0.5) is 0 Å². The summed E-state index contributed by atoms with van der Waals surface area (Å²) in [4.78, 5) is 2.45. The van der Waals surface area contributed by atoms with Crippen molar-refractivity contribution >= 4 is 0 Å². The second-order valence-corrected chi connectivity index (χ2v) is 19.3. The zero-order valence-corrected chi connectivity index (χ0v) is 31.9. The van der Waals surface area contributed by atoms with E-state index in [9.17, 15) is 10.2 Å². The van der Waals surface area contributed by atoms with Crippen molar-refractivity contribution in [3.63, 3.8) is 0 Å². The summed E-state index contributed by atoms with van der Waals surface area (Å²) in [5.41, 5.74) is -0.484. The molecule has 8 nitrogen and oxygen atoms in total. The lowest BCUT2D eigenvalue weighted by molar-refractivity contribution is -0.251. The number of aliphatic hydroxyl groups excluding tert-OH is 1. The molecule has 7 fully saturated rings. The van der Waals surface area contributed by atoms with Gasteiger partial charge in [0.05, 0.1) is 43.2 Å². The van der Waals surface area contributed by atoms with Crippen molar-refractivity contribution in [2.24, 2.45) is 50.7 Å². The summed E-state index contributed by atoms with van der Waals surface area (Å²) >= 11 is 0. The smallest absolute Gasteiger partial charge is 0.170 e. The fraction of sp³-hybridized carbons (Fsp3) is 1.00. The highest BCUT2D eigenvalue weighted by atomic mass is 16.7. The SMILES string of the molecule is CCO[C@@H]([C@H]1C[C@@H](C)[C@H]2[C@H](O1)[C@H](O)[C@@]1(C)[C@@H]3CC[C@H]4C(C)(C)C(O[C@H]5CN([C@H](C)COC)CCO5)CC[C@@]45C[C@@]35CC[C@]21C)C(C)(C)O. The third kappa shape index (κ3) is 4.95. The van der Waals surface area contributed by atoms with Crippen LogP contribution in [0.3, 0.4) is 0 Å².